The van der Waals surface area contributed by atoms with Gasteiger partial charge in [-0.2, -0.15) is 0 Å². The number of rotatable bonds is 4. The fraction of sp³-hybridized carbons (Fsp3) is 0.125. The van der Waals surface area contributed by atoms with E-state index in [2.05, 4.69) is 0 Å². The lowest BCUT2D eigenvalue weighted by molar-refractivity contribution is -0.107. The second kappa shape index (κ2) is 4.21. The van der Waals surface area contributed by atoms with E-state index in [0.29, 0.717) is 12.1 Å². The maximum atomic E-state index is 10.8. The lowest BCUT2D eigenvalue weighted by Crippen LogP contribution is -2.32. The summed E-state index contributed by atoms with van der Waals surface area (Å²) in [7, 11) is -3.69. The standard InChI is InChI=1S/C8H10N2O3S/c9-14(12,13)7-10(6-11)8-4-2-1-3-5-8/h1-6H,7H2,(H2,9,12,13). The second-order valence-electron chi connectivity index (χ2n) is 2.70. The minimum absolute atomic E-state index is 0.430. The number of anilines is 1. The molecular formula is C8H10N2O3S. The molecule has 0 fully saturated rings. The van der Waals surface area contributed by atoms with Crippen molar-refractivity contribution in [3.8, 4) is 0 Å². The molecule has 0 aliphatic heterocycles. The summed E-state index contributed by atoms with van der Waals surface area (Å²) >= 11 is 0. The summed E-state index contributed by atoms with van der Waals surface area (Å²) in [5.74, 6) is -0.513. The van der Waals surface area contributed by atoms with Gasteiger partial charge in [0.15, 0.2) is 0 Å². The molecule has 0 atom stereocenters. The van der Waals surface area contributed by atoms with Crippen molar-refractivity contribution in [3.63, 3.8) is 0 Å². The molecule has 0 aromatic heterocycles. The number of amides is 1. The van der Waals surface area contributed by atoms with Crippen molar-refractivity contribution in [2.75, 3.05) is 10.8 Å². The molecule has 0 aliphatic carbocycles. The number of para-hydroxylation sites is 1. The highest BCUT2D eigenvalue weighted by Gasteiger charge is 2.11. The van der Waals surface area contributed by atoms with Gasteiger partial charge >= 0.3 is 0 Å². The van der Waals surface area contributed by atoms with E-state index in [9.17, 15) is 13.2 Å². The quantitative estimate of drug-likeness (QED) is 0.710. The summed E-state index contributed by atoms with van der Waals surface area (Å²) in [6.45, 7) is 0. The number of benzene rings is 1. The monoisotopic (exact) mass is 214 g/mol. The second-order valence-corrected chi connectivity index (χ2v) is 4.29. The molecule has 14 heavy (non-hydrogen) atoms. The van der Waals surface area contributed by atoms with Crippen LogP contribution in [0.4, 0.5) is 5.69 Å². The molecule has 1 aromatic rings. The molecular weight excluding hydrogens is 204 g/mol. The summed E-state index contributed by atoms with van der Waals surface area (Å²) in [4.78, 5) is 11.6. The van der Waals surface area contributed by atoms with Crippen LogP contribution in [0.2, 0.25) is 0 Å². The summed E-state index contributed by atoms with van der Waals surface area (Å²) in [6, 6.07) is 8.42. The zero-order chi connectivity index (χ0) is 10.6. The molecule has 2 N–H and O–H groups in total. The first-order valence-electron chi connectivity index (χ1n) is 3.80. The predicted octanol–water partition coefficient (Wildman–Crippen LogP) is -0.105. The molecule has 0 radical (unpaired) electrons. The van der Waals surface area contributed by atoms with E-state index in [4.69, 9.17) is 5.14 Å². The highest BCUT2D eigenvalue weighted by atomic mass is 32.2. The van der Waals surface area contributed by atoms with E-state index in [1.165, 1.54) is 0 Å². The van der Waals surface area contributed by atoms with E-state index in [1.807, 2.05) is 0 Å². The zero-order valence-electron chi connectivity index (χ0n) is 7.33. The molecule has 0 spiro atoms. The molecule has 0 unspecified atom stereocenters. The maximum absolute atomic E-state index is 10.8. The van der Waals surface area contributed by atoms with Gasteiger partial charge in [-0.25, -0.2) is 13.6 Å². The molecule has 1 rings (SSSR count). The Morgan fingerprint density at radius 3 is 2.29 bits per heavy atom. The van der Waals surface area contributed by atoms with Gasteiger partial charge in [0.1, 0.15) is 5.88 Å². The first-order valence-corrected chi connectivity index (χ1v) is 5.52. The summed E-state index contributed by atoms with van der Waals surface area (Å²) in [5.41, 5.74) is 0.497. The Morgan fingerprint density at radius 1 is 1.29 bits per heavy atom. The molecule has 6 heteroatoms. The SMILES string of the molecule is NS(=O)(=O)CN(C=O)c1ccccc1. The van der Waals surface area contributed by atoms with Crippen LogP contribution in [0, 0.1) is 0 Å². The van der Waals surface area contributed by atoms with Gasteiger partial charge in [0.2, 0.25) is 16.4 Å². The van der Waals surface area contributed by atoms with Crippen molar-refractivity contribution >= 4 is 22.1 Å². The van der Waals surface area contributed by atoms with E-state index in [0.717, 1.165) is 4.90 Å². The Kier molecular flexibility index (Phi) is 3.21. The van der Waals surface area contributed by atoms with Gasteiger partial charge in [-0.1, -0.05) is 18.2 Å². The molecule has 0 saturated heterocycles. The van der Waals surface area contributed by atoms with E-state index >= 15 is 0 Å². The number of hydrogen-bond acceptors (Lipinski definition) is 3. The first kappa shape index (κ1) is 10.7. The Hall–Kier alpha value is -1.40. The van der Waals surface area contributed by atoms with Gasteiger partial charge in [-0.15, -0.1) is 0 Å². The van der Waals surface area contributed by atoms with Gasteiger partial charge in [-0.3, -0.25) is 9.69 Å². The number of carbonyl (C=O) groups is 1. The number of primary sulfonamides is 1. The van der Waals surface area contributed by atoms with Crippen LogP contribution in [0.1, 0.15) is 0 Å². The molecule has 0 bridgehead atoms. The number of nitrogens with zero attached hydrogens (tertiary/aromatic N) is 1. The highest BCUT2D eigenvalue weighted by Crippen LogP contribution is 2.11. The lowest BCUT2D eigenvalue weighted by Gasteiger charge is -2.15. The van der Waals surface area contributed by atoms with Crippen LogP contribution >= 0.6 is 0 Å². The average molecular weight is 214 g/mol. The first-order chi connectivity index (χ1) is 6.53. The Bertz CT molecular complexity index is 402. The predicted molar refractivity (Wildman–Crippen MR) is 53.0 cm³/mol. The van der Waals surface area contributed by atoms with Gasteiger partial charge in [0.25, 0.3) is 0 Å². The summed E-state index contributed by atoms with van der Waals surface area (Å²) in [5, 5.41) is 4.82. The third-order valence-electron chi connectivity index (χ3n) is 1.53. The van der Waals surface area contributed by atoms with Gasteiger partial charge in [0, 0.05) is 5.69 Å². The number of hydrogen-bond donors (Lipinski definition) is 1. The molecule has 1 amide bonds. The third-order valence-corrected chi connectivity index (χ3v) is 2.17. The van der Waals surface area contributed by atoms with Crippen LogP contribution < -0.4 is 10.0 Å². The minimum Gasteiger partial charge on any atom is -0.299 e. The zero-order valence-corrected chi connectivity index (χ0v) is 8.15. The average Bonchev–Trinajstić information content (AvgIpc) is 2.14. The van der Waals surface area contributed by atoms with Crippen molar-refractivity contribution < 1.29 is 13.2 Å². The fourth-order valence-corrected chi connectivity index (χ4v) is 1.58. The van der Waals surface area contributed by atoms with E-state index in [-0.39, 0.29) is 0 Å². The fourth-order valence-electron chi connectivity index (χ4n) is 0.979. The summed E-state index contributed by atoms with van der Waals surface area (Å²) in [6.07, 6.45) is 0.430. The van der Waals surface area contributed by atoms with E-state index < -0.39 is 15.9 Å². The third kappa shape index (κ3) is 3.15. The molecule has 1 aromatic carbocycles. The number of carbonyl (C=O) groups excluding carboxylic acids is 1. The van der Waals surface area contributed by atoms with Crippen molar-refractivity contribution in [3.05, 3.63) is 30.3 Å². The van der Waals surface area contributed by atoms with Crippen LogP contribution in [-0.2, 0) is 14.8 Å². The van der Waals surface area contributed by atoms with Gasteiger partial charge in [-0.05, 0) is 12.1 Å². The molecule has 0 saturated carbocycles. The maximum Gasteiger partial charge on any atom is 0.227 e. The largest absolute Gasteiger partial charge is 0.299 e. The van der Waals surface area contributed by atoms with Crippen LogP contribution in [0.3, 0.4) is 0 Å². The normalized spacial score (nSPS) is 10.9. The molecule has 76 valence electrons. The van der Waals surface area contributed by atoms with Crippen LogP contribution in [0.25, 0.3) is 0 Å². The highest BCUT2D eigenvalue weighted by molar-refractivity contribution is 7.89. The Morgan fingerprint density at radius 2 is 1.86 bits per heavy atom. The minimum atomic E-state index is -3.69. The molecule has 5 nitrogen and oxygen atoms in total. The molecule has 0 heterocycles. The van der Waals surface area contributed by atoms with Crippen molar-refractivity contribution in [2.45, 2.75) is 0 Å². The molecule has 0 aliphatic rings. The van der Waals surface area contributed by atoms with Crippen molar-refractivity contribution in [2.24, 2.45) is 5.14 Å². The number of sulfonamides is 1. The summed E-state index contributed by atoms with van der Waals surface area (Å²) < 4.78 is 21.5. The Balaban J connectivity index is 2.89. The van der Waals surface area contributed by atoms with Crippen LogP contribution in [-0.4, -0.2) is 20.7 Å². The van der Waals surface area contributed by atoms with Crippen molar-refractivity contribution in [1.29, 1.82) is 0 Å². The van der Waals surface area contributed by atoms with Gasteiger partial charge < -0.3 is 0 Å². The van der Waals surface area contributed by atoms with Crippen LogP contribution in [0.5, 0.6) is 0 Å². The Labute approximate surface area is 82.2 Å². The topological polar surface area (TPSA) is 80.5 Å². The van der Waals surface area contributed by atoms with Crippen LogP contribution in [0.15, 0.2) is 30.3 Å². The lowest BCUT2D eigenvalue weighted by atomic mass is 10.3. The number of nitrogens with two attached hydrogens (primary N) is 1. The van der Waals surface area contributed by atoms with E-state index in [1.54, 1.807) is 30.3 Å². The smallest absolute Gasteiger partial charge is 0.227 e. The van der Waals surface area contributed by atoms with Gasteiger partial charge in [0.05, 0.1) is 0 Å². The van der Waals surface area contributed by atoms with Crippen molar-refractivity contribution in [1.82, 2.24) is 0 Å².